The number of aliphatic hydroxyl groups excluding tert-OH is 2. The van der Waals surface area contributed by atoms with E-state index in [1.807, 2.05) is 0 Å². The molecule has 1 fully saturated rings. The maximum absolute atomic E-state index is 12.8. The Morgan fingerprint density at radius 1 is 1.24 bits per heavy atom. The highest BCUT2D eigenvalue weighted by Gasteiger charge is 2.48. The fourth-order valence-electron chi connectivity index (χ4n) is 3.88. The second-order valence-corrected chi connectivity index (χ2v) is 7.92. The lowest BCUT2D eigenvalue weighted by Gasteiger charge is -2.17. The lowest BCUT2D eigenvalue weighted by atomic mass is 10.1. The number of nitrogens with one attached hydrogen (secondary N) is 1. The van der Waals surface area contributed by atoms with Gasteiger partial charge in [0.25, 0.3) is 5.91 Å². The van der Waals surface area contributed by atoms with E-state index in [0.29, 0.717) is 33.5 Å². The van der Waals surface area contributed by atoms with Gasteiger partial charge in [-0.1, -0.05) is 5.16 Å². The number of rotatable bonds is 4. The molecule has 5 N–H and O–H groups in total. The summed E-state index contributed by atoms with van der Waals surface area (Å²) in [4.78, 5) is 21.1. The summed E-state index contributed by atoms with van der Waals surface area (Å²) in [6, 6.07) is 1.80. The lowest BCUT2D eigenvalue weighted by molar-refractivity contribution is -0.132. The number of aromatic nitrogens is 6. The van der Waals surface area contributed by atoms with Crippen molar-refractivity contribution in [2.75, 3.05) is 11.1 Å². The predicted octanol–water partition coefficient (Wildman–Crippen LogP) is 0.277. The third-order valence-corrected chi connectivity index (χ3v) is 5.79. The Morgan fingerprint density at radius 2 is 2.03 bits per heavy atom. The van der Waals surface area contributed by atoms with Crippen molar-refractivity contribution in [1.82, 2.24) is 29.5 Å². The molecule has 1 aliphatic rings. The van der Waals surface area contributed by atoms with E-state index in [9.17, 15) is 15.0 Å². The largest absolute Gasteiger partial charge is 0.387 e. The summed E-state index contributed by atoms with van der Waals surface area (Å²) in [7, 11) is 1.78. The van der Waals surface area contributed by atoms with Crippen LogP contribution in [0, 0.1) is 13.8 Å². The molecule has 13 heteroatoms. The maximum atomic E-state index is 12.8. The summed E-state index contributed by atoms with van der Waals surface area (Å²) in [5.74, 6) is -0.313. The first-order valence-electron chi connectivity index (χ1n) is 10.1. The summed E-state index contributed by atoms with van der Waals surface area (Å²) in [5.41, 5.74) is 8.99. The van der Waals surface area contributed by atoms with Gasteiger partial charge in [-0.3, -0.25) is 14.8 Å². The molecule has 4 atom stereocenters. The van der Waals surface area contributed by atoms with Crippen molar-refractivity contribution in [3.63, 3.8) is 0 Å². The van der Waals surface area contributed by atoms with Crippen molar-refractivity contribution in [1.29, 1.82) is 0 Å². The lowest BCUT2D eigenvalue weighted by Crippen LogP contribution is -2.39. The Hall–Kier alpha value is -3.81. The molecule has 0 bridgehead atoms. The van der Waals surface area contributed by atoms with Crippen LogP contribution in [-0.4, -0.2) is 63.9 Å². The minimum absolute atomic E-state index is 0.149. The van der Waals surface area contributed by atoms with Gasteiger partial charge >= 0.3 is 0 Å². The molecule has 0 saturated carbocycles. The molecule has 13 nitrogen and oxygen atoms in total. The van der Waals surface area contributed by atoms with Crippen LogP contribution in [0.5, 0.6) is 0 Å². The number of ether oxygens (including phenoxy) is 1. The first kappa shape index (κ1) is 21.1. The Balaban J connectivity index is 1.51. The van der Waals surface area contributed by atoms with Crippen LogP contribution in [0.2, 0.25) is 0 Å². The number of carbonyl (C=O) groups excluding carboxylic acids is 1. The van der Waals surface area contributed by atoms with E-state index >= 15 is 0 Å². The van der Waals surface area contributed by atoms with Crippen LogP contribution < -0.4 is 11.1 Å². The molecule has 0 aliphatic carbocycles. The van der Waals surface area contributed by atoms with E-state index < -0.39 is 30.4 Å². The molecule has 0 spiro atoms. The highest BCUT2D eigenvalue weighted by molar-refractivity contribution is 6.00. The SMILES string of the molecule is Cc1noc(NC(=O)[C@H]2O[C@@H](n3cc(-c4ccn(C)n4)c4c(N)ncnc43)[C@H](O)[C@@H]2O)c1C. The number of nitrogen functional groups attached to an aromatic ring is 1. The predicted molar refractivity (Wildman–Crippen MR) is 115 cm³/mol. The molecular formula is C20H22N8O5. The fourth-order valence-corrected chi connectivity index (χ4v) is 3.88. The molecule has 33 heavy (non-hydrogen) atoms. The Morgan fingerprint density at radius 3 is 2.70 bits per heavy atom. The normalized spacial score (nSPS) is 22.8. The number of nitrogens with zero attached hydrogens (tertiary/aromatic N) is 6. The monoisotopic (exact) mass is 454 g/mol. The smallest absolute Gasteiger partial charge is 0.258 e. The molecule has 0 aromatic carbocycles. The van der Waals surface area contributed by atoms with Crippen LogP contribution in [-0.2, 0) is 16.6 Å². The van der Waals surface area contributed by atoms with Crippen molar-refractivity contribution in [2.24, 2.45) is 7.05 Å². The van der Waals surface area contributed by atoms with E-state index in [0.717, 1.165) is 0 Å². The van der Waals surface area contributed by atoms with Crippen LogP contribution in [0.15, 0.2) is 29.3 Å². The molecule has 0 unspecified atom stereocenters. The molecule has 1 saturated heterocycles. The summed E-state index contributed by atoms with van der Waals surface area (Å²) >= 11 is 0. The van der Waals surface area contributed by atoms with Crippen LogP contribution in [0.4, 0.5) is 11.7 Å². The highest BCUT2D eigenvalue weighted by Crippen LogP contribution is 2.38. The van der Waals surface area contributed by atoms with Crippen molar-refractivity contribution < 1.29 is 24.3 Å². The third kappa shape index (κ3) is 3.33. The van der Waals surface area contributed by atoms with Gasteiger partial charge in [0.2, 0.25) is 5.88 Å². The number of amides is 1. The van der Waals surface area contributed by atoms with Gasteiger partial charge in [0.05, 0.1) is 16.8 Å². The molecule has 1 aliphatic heterocycles. The Kier molecular flexibility index (Phi) is 4.88. The van der Waals surface area contributed by atoms with Crippen LogP contribution in [0.1, 0.15) is 17.5 Å². The summed E-state index contributed by atoms with van der Waals surface area (Å²) in [6.07, 6.45) is -0.712. The van der Waals surface area contributed by atoms with Gasteiger partial charge < -0.3 is 29.8 Å². The molecular weight excluding hydrogens is 432 g/mol. The number of nitrogens with two attached hydrogens (primary N) is 1. The molecule has 172 valence electrons. The van der Waals surface area contributed by atoms with E-state index in [1.54, 1.807) is 44.0 Å². The second kappa shape index (κ2) is 7.65. The number of hydrogen-bond donors (Lipinski definition) is 4. The minimum atomic E-state index is -1.51. The number of aryl methyl sites for hydroxylation is 2. The van der Waals surface area contributed by atoms with Crippen molar-refractivity contribution >= 4 is 28.6 Å². The Bertz CT molecular complexity index is 1360. The first-order chi connectivity index (χ1) is 15.8. The van der Waals surface area contributed by atoms with Gasteiger partial charge in [-0.2, -0.15) is 5.10 Å². The minimum Gasteiger partial charge on any atom is -0.387 e. The number of hydrogen-bond acceptors (Lipinski definition) is 10. The van der Waals surface area contributed by atoms with Crippen LogP contribution >= 0.6 is 0 Å². The summed E-state index contributed by atoms with van der Waals surface area (Å²) < 4.78 is 14.1. The average molecular weight is 454 g/mol. The number of aliphatic hydroxyl groups is 2. The zero-order chi connectivity index (χ0) is 23.4. The maximum Gasteiger partial charge on any atom is 0.258 e. The van der Waals surface area contributed by atoms with Gasteiger partial charge in [-0.15, -0.1) is 0 Å². The number of anilines is 2. The van der Waals surface area contributed by atoms with Gasteiger partial charge in [0, 0.05) is 30.6 Å². The van der Waals surface area contributed by atoms with Crippen LogP contribution in [0.3, 0.4) is 0 Å². The van der Waals surface area contributed by atoms with E-state index in [1.165, 1.54) is 10.9 Å². The molecule has 0 radical (unpaired) electrons. The fraction of sp³-hybridized carbons (Fsp3) is 0.350. The van der Waals surface area contributed by atoms with E-state index in [2.05, 4.69) is 25.5 Å². The van der Waals surface area contributed by atoms with Crippen molar-refractivity contribution in [3.05, 3.63) is 36.0 Å². The van der Waals surface area contributed by atoms with E-state index in [-0.39, 0.29) is 11.7 Å². The number of carbonyl (C=O) groups is 1. The summed E-state index contributed by atoms with van der Waals surface area (Å²) in [6.45, 7) is 3.47. The van der Waals surface area contributed by atoms with Gasteiger partial charge in [0.15, 0.2) is 12.3 Å². The molecule has 5 heterocycles. The van der Waals surface area contributed by atoms with Gasteiger partial charge in [0.1, 0.15) is 30.0 Å². The third-order valence-electron chi connectivity index (χ3n) is 5.79. The first-order valence-corrected chi connectivity index (χ1v) is 10.1. The molecule has 4 aromatic rings. The standard InChI is InChI=1S/C20H22N8O5/c1-8-9(2)26-33-19(8)24-18(31)15-13(29)14(30)20(32-15)28-6-10(11-4-5-27(3)25-11)12-16(21)22-7-23-17(12)28/h4-7,13-15,20,29-30H,1-3H3,(H,24,31)(H2,21,22,23)/t13-,14+,15-,20+/m0/s1. The quantitative estimate of drug-likeness (QED) is 0.334. The van der Waals surface area contributed by atoms with Crippen molar-refractivity contribution in [3.8, 4) is 11.3 Å². The second-order valence-electron chi connectivity index (χ2n) is 7.92. The molecule has 5 rings (SSSR count). The van der Waals surface area contributed by atoms with E-state index in [4.69, 9.17) is 15.0 Å². The topological polar surface area (TPSA) is 179 Å². The van der Waals surface area contributed by atoms with Gasteiger partial charge in [-0.25, -0.2) is 9.97 Å². The number of fused-ring (bicyclic) bond motifs is 1. The zero-order valence-corrected chi connectivity index (χ0v) is 18.0. The van der Waals surface area contributed by atoms with Crippen molar-refractivity contribution in [2.45, 2.75) is 38.4 Å². The average Bonchev–Trinajstić information content (AvgIpc) is 3.53. The highest BCUT2D eigenvalue weighted by atomic mass is 16.6. The van der Waals surface area contributed by atoms with Crippen LogP contribution in [0.25, 0.3) is 22.3 Å². The van der Waals surface area contributed by atoms with Gasteiger partial charge in [-0.05, 0) is 19.9 Å². The molecule has 4 aromatic heterocycles. The Labute approximate surface area is 186 Å². The molecule has 1 amide bonds. The summed E-state index contributed by atoms with van der Waals surface area (Å²) in [5, 5.41) is 32.6. The zero-order valence-electron chi connectivity index (χ0n) is 18.0.